The van der Waals surface area contributed by atoms with Crippen molar-refractivity contribution in [1.82, 2.24) is 5.32 Å². The minimum atomic E-state index is -2.77. The SMILES string of the molecule is CCNC1CCC(CCCS(C)(=O)=O)C1C. The van der Waals surface area contributed by atoms with E-state index in [-0.39, 0.29) is 0 Å². The van der Waals surface area contributed by atoms with E-state index in [1.807, 2.05) is 0 Å². The Bertz CT molecular complexity index is 300. The first-order valence-electron chi connectivity index (χ1n) is 6.35. The summed E-state index contributed by atoms with van der Waals surface area (Å²) >= 11 is 0. The third-order valence-electron chi connectivity index (χ3n) is 3.78. The van der Waals surface area contributed by atoms with E-state index in [1.165, 1.54) is 19.1 Å². The summed E-state index contributed by atoms with van der Waals surface area (Å²) in [5, 5.41) is 3.51. The third kappa shape index (κ3) is 4.42. The predicted molar refractivity (Wildman–Crippen MR) is 68.3 cm³/mol. The Morgan fingerprint density at radius 2 is 2.00 bits per heavy atom. The number of hydrogen-bond acceptors (Lipinski definition) is 3. The highest BCUT2D eigenvalue weighted by atomic mass is 32.2. The van der Waals surface area contributed by atoms with Gasteiger partial charge < -0.3 is 5.32 Å². The van der Waals surface area contributed by atoms with Gasteiger partial charge in [-0.2, -0.15) is 0 Å². The smallest absolute Gasteiger partial charge is 0.147 e. The van der Waals surface area contributed by atoms with Crippen molar-refractivity contribution >= 4 is 9.84 Å². The molecule has 0 aliphatic heterocycles. The van der Waals surface area contributed by atoms with Crippen LogP contribution in [0.3, 0.4) is 0 Å². The predicted octanol–water partition coefficient (Wildman–Crippen LogP) is 1.84. The zero-order chi connectivity index (χ0) is 12.2. The van der Waals surface area contributed by atoms with E-state index < -0.39 is 9.84 Å². The summed E-state index contributed by atoms with van der Waals surface area (Å²) in [6.45, 7) is 5.47. The number of hydrogen-bond donors (Lipinski definition) is 1. The standard InChI is InChI=1S/C12H25NO2S/c1-4-13-12-8-7-11(10(12)2)6-5-9-16(3,14)15/h10-13H,4-9H2,1-3H3. The second-order valence-corrected chi connectivity index (χ2v) is 7.39. The van der Waals surface area contributed by atoms with Gasteiger partial charge >= 0.3 is 0 Å². The molecule has 3 nitrogen and oxygen atoms in total. The lowest BCUT2D eigenvalue weighted by molar-refractivity contribution is 0.338. The average Bonchev–Trinajstić information content (AvgIpc) is 2.48. The van der Waals surface area contributed by atoms with Gasteiger partial charge in [0, 0.05) is 18.1 Å². The van der Waals surface area contributed by atoms with Crippen molar-refractivity contribution in [2.45, 2.75) is 45.6 Å². The van der Waals surface area contributed by atoms with Crippen LogP contribution in [0.2, 0.25) is 0 Å². The van der Waals surface area contributed by atoms with Crippen molar-refractivity contribution in [3.8, 4) is 0 Å². The zero-order valence-electron chi connectivity index (χ0n) is 10.7. The normalized spacial score (nSPS) is 30.8. The molecule has 1 rings (SSSR count). The van der Waals surface area contributed by atoms with Crippen LogP contribution in [0.5, 0.6) is 0 Å². The van der Waals surface area contributed by atoms with Gasteiger partial charge in [-0.15, -0.1) is 0 Å². The molecule has 1 N–H and O–H groups in total. The quantitative estimate of drug-likeness (QED) is 0.779. The number of nitrogens with one attached hydrogen (secondary N) is 1. The minimum absolute atomic E-state index is 0.349. The molecular weight excluding hydrogens is 222 g/mol. The molecule has 0 heterocycles. The first-order chi connectivity index (χ1) is 7.44. The monoisotopic (exact) mass is 247 g/mol. The van der Waals surface area contributed by atoms with E-state index in [9.17, 15) is 8.42 Å². The fourth-order valence-corrected chi connectivity index (χ4v) is 3.50. The van der Waals surface area contributed by atoms with Crippen molar-refractivity contribution in [2.24, 2.45) is 11.8 Å². The molecule has 0 aromatic heterocycles. The zero-order valence-corrected chi connectivity index (χ0v) is 11.5. The Hall–Kier alpha value is -0.0900. The van der Waals surface area contributed by atoms with Crippen molar-refractivity contribution in [1.29, 1.82) is 0 Å². The topological polar surface area (TPSA) is 46.2 Å². The summed E-state index contributed by atoms with van der Waals surface area (Å²) in [6, 6.07) is 0.647. The fourth-order valence-electron chi connectivity index (χ4n) is 2.81. The molecule has 0 radical (unpaired) electrons. The molecule has 1 aliphatic rings. The van der Waals surface area contributed by atoms with Crippen LogP contribution in [0.4, 0.5) is 0 Å². The van der Waals surface area contributed by atoms with Crippen LogP contribution in [0.15, 0.2) is 0 Å². The van der Waals surface area contributed by atoms with E-state index in [0.717, 1.165) is 19.4 Å². The van der Waals surface area contributed by atoms with Crippen LogP contribution in [0.25, 0.3) is 0 Å². The van der Waals surface area contributed by atoms with Gasteiger partial charge in [0.2, 0.25) is 0 Å². The fraction of sp³-hybridized carbons (Fsp3) is 1.00. The lowest BCUT2D eigenvalue weighted by Gasteiger charge is -2.21. The summed E-state index contributed by atoms with van der Waals surface area (Å²) in [5.74, 6) is 1.76. The maximum atomic E-state index is 11.0. The van der Waals surface area contributed by atoms with Crippen LogP contribution in [-0.2, 0) is 9.84 Å². The molecule has 1 saturated carbocycles. The van der Waals surface area contributed by atoms with Gasteiger partial charge in [0.25, 0.3) is 0 Å². The van der Waals surface area contributed by atoms with Crippen LogP contribution >= 0.6 is 0 Å². The molecule has 96 valence electrons. The van der Waals surface area contributed by atoms with Crippen molar-refractivity contribution in [3.05, 3.63) is 0 Å². The molecule has 0 aromatic rings. The van der Waals surface area contributed by atoms with Gasteiger partial charge in [0.1, 0.15) is 9.84 Å². The summed E-state index contributed by atoms with van der Waals surface area (Å²) in [4.78, 5) is 0. The summed E-state index contributed by atoms with van der Waals surface area (Å²) in [5.41, 5.74) is 0. The van der Waals surface area contributed by atoms with Gasteiger partial charge in [-0.25, -0.2) is 8.42 Å². The molecule has 1 fully saturated rings. The molecule has 0 amide bonds. The molecule has 3 atom stereocenters. The first kappa shape index (κ1) is 14.0. The molecule has 3 unspecified atom stereocenters. The van der Waals surface area contributed by atoms with E-state index >= 15 is 0 Å². The highest BCUT2D eigenvalue weighted by Gasteiger charge is 2.31. The Morgan fingerprint density at radius 3 is 2.56 bits per heavy atom. The molecule has 1 aliphatic carbocycles. The summed E-state index contributed by atoms with van der Waals surface area (Å²) in [7, 11) is -2.77. The van der Waals surface area contributed by atoms with E-state index in [2.05, 4.69) is 19.2 Å². The third-order valence-corrected chi connectivity index (χ3v) is 4.81. The van der Waals surface area contributed by atoms with Crippen LogP contribution in [-0.4, -0.2) is 33.0 Å². The molecule has 0 saturated heterocycles. The van der Waals surface area contributed by atoms with Gasteiger partial charge in [0.15, 0.2) is 0 Å². The highest BCUT2D eigenvalue weighted by molar-refractivity contribution is 7.90. The Kier molecular flexibility index (Phi) is 5.25. The molecule has 4 heteroatoms. The lowest BCUT2D eigenvalue weighted by atomic mass is 9.92. The Balaban J connectivity index is 2.29. The van der Waals surface area contributed by atoms with E-state index in [4.69, 9.17) is 0 Å². The maximum absolute atomic E-state index is 11.0. The van der Waals surface area contributed by atoms with Crippen molar-refractivity contribution in [3.63, 3.8) is 0 Å². The van der Waals surface area contributed by atoms with Gasteiger partial charge in [0.05, 0.1) is 0 Å². The summed E-state index contributed by atoms with van der Waals surface area (Å²) < 4.78 is 22.1. The van der Waals surface area contributed by atoms with Crippen LogP contribution in [0, 0.1) is 11.8 Å². The van der Waals surface area contributed by atoms with Crippen LogP contribution < -0.4 is 5.32 Å². The maximum Gasteiger partial charge on any atom is 0.147 e. The van der Waals surface area contributed by atoms with Gasteiger partial charge in [-0.1, -0.05) is 13.8 Å². The highest BCUT2D eigenvalue weighted by Crippen LogP contribution is 2.34. The first-order valence-corrected chi connectivity index (χ1v) is 8.41. The molecule has 0 bridgehead atoms. The van der Waals surface area contributed by atoms with E-state index in [0.29, 0.717) is 23.6 Å². The van der Waals surface area contributed by atoms with Crippen LogP contribution in [0.1, 0.15) is 39.5 Å². The van der Waals surface area contributed by atoms with Crippen molar-refractivity contribution in [2.75, 3.05) is 18.6 Å². The number of sulfone groups is 1. The van der Waals surface area contributed by atoms with E-state index in [1.54, 1.807) is 0 Å². The molecule has 0 aromatic carbocycles. The average molecular weight is 247 g/mol. The van der Waals surface area contributed by atoms with Gasteiger partial charge in [-0.3, -0.25) is 0 Å². The lowest BCUT2D eigenvalue weighted by Crippen LogP contribution is -2.32. The second kappa shape index (κ2) is 6.01. The molecule has 16 heavy (non-hydrogen) atoms. The Morgan fingerprint density at radius 1 is 1.31 bits per heavy atom. The summed E-state index contributed by atoms with van der Waals surface area (Å²) in [6.07, 6.45) is 5.72. The number of rotatable bonds is 6. The second-order valence-electron chi connectivity index (χ2n) is 5.13. The largest absolute Gasteiger partial charge is 0.314 e. The van der Waals surface area contributed by atoms with Gasteiger partial charge in [-0.05, 0) is 44.1 Å². The Labute approximate surface area is 99.9 Å². The minimum Gasteiger partial charge on any atom is -0.314 e. The molecule has 0 spiro atoms. The van der Waals surface area contributed by atoms with Crippen molar-refractivity contribution < 1.29 is 8.42 Å². The molecular formula is C12H25NO2S.